The molecule has 6 heteroatoms. The van der Waals surface area contributed by atoms with Crippen LogP contribution in [0.5, 0.6) is 11.5 Å². The second kappa shape index (κ2) is 7.27. The zero-order chi connectivity index (χ0) is 15.4. The molecule has 1 heterocycles. The summed E-state index contributed by atoms with van der Waals surface area (Å²) in [5.74, 6) is 1.97. The first-order valence-electron chi connectivity index (χ1n) is 6.93. The van der Waals surface area contributed by atoms with E-state index in [0.717, 1.165) is 17.4 Å². The third kappa shape index (κ3) is 4.20. The van der Waals surface area contributed by atoms with Gasteiger partial charge in [-0.1, -0.05) is 37.2 Å². The van der Waals surface area contributed by atoms with E-state index in [1.807, 2.05) is 6.07 Å². The summed E-state index contributed by atoms with van der Waals surface area (Å²) in [5, 5.41) is 5.31. The minimum atomic E-state index is 0.526. The number of hydrogen-bond acceptors (Lipinski definition) is 5. The molecule has 4 nitrogen and oxygen atoms in total. The van der Waals surface area contributed by atoms with Crippen molar-refractivity contribution in [2.45, 2.75) is 25.5 Å². The lowest BCUT2D eigenvalue weighted by Gasteiger charge is -2.14. The highest BCUT2D eigenvalue weighted by Crippen LogP contribution is 2.37. The van der Waals surface area contributed by atoms with Gasteiger partial charge in [-0.05, 0) is 12.3 Å². The van der Waals surface area contributed by atoms with E-state index < -0.39 is 0 Å². The Bertz CT molecular complexity index is 535. The summed E-state index contributed by atoms with van der Waals surface area (Å²) in [5.41, 5.74) is 0.815. The predicted molar refractivity (Wildman–Crippen MR) is 91.3 cm³/mol. The molecule has 0 aliphatic carbocycles. The highest BCUT2D eigenvalue weighted by Gasteiger charge is 2.22. The second-order valence-corrected chi connectivity index (χ2v) is 7.02. The minimum absolute atomic E-state index is 0.526. The zero-order valence-electron chi connectivity index (χ0n) is 12.8. The van der Waals surface area contributed by atoms with Crippen LogP contribution in [0.1, 0.15) is 20.3 Å². The van der Waals surface area contributed by atoms with E-state index in [9.17, 15) is 0 Å². The summed E-state index contributed by atoms with van der Waals surface area (Å²) in [6.45, 7) is 5.33. The van der Waals surface area contributed by atoms with Crippen LogP contribution in [-0.2, 0) is 0 Å². The van der Waals surface area contributed by atoms with Gasteiger partial charge in [-0.3, -0.25) is 4.99 Å². The first-order chi connectivity index (χ1) is 10.0. The fourth-order valence-corrected chi connectivity index (χ4v) is 3.70. The molecule has 1 aromatic carbocycles. The average Bonchev–Trinajstić information content (AvgIpc) is 2.86. The van der Waals surface area contributed by atoms with Crippen molar-refractivity contribution in [1.82, 2.24) is 0 Å². The number of halogens is 1. The molecule has 0 radical (unpaired) electrons. The quantitative estimate of drug-likeness (QED) is 0.875. The molecule has 1 atom stereocenters. The molecule has 0 saturated carbocycles. The van der Waals surface area contributed by atoms with Crippen molar-refractivity contribution in [1.29, 1.82) is 0 Å². The number of methoxy groups -OCH3 is 2. The fourth-order valence-electron chi connectivity index (χ4n) is 2.21. The zero-order valence-corrected chi connectivity index (χ0v) is 14.3. The number of amidine groups is 1. The molecule has 1 N–H and O–H groups in total. The molecule has 0 aromatic heterocycles. The molecule has 1 aromatic rings. The average molecular weight is 329 g/mol. The first kappa shape index (κ1) is 16.3. The minimum Gasteiger partial charge on any atom is -0.495 e. The number of hydrogen-bond donors (Lipinski definition) is 1. The Morgan fingerprint density at radius 1 is 1.33 bits per heavy atom. The number of nitrogens with one attached hydrogen (secondary N) is 1. The fraction of sp³-hybridized carbons (Fsp3) is 0.533. The molecule has 1 unspecified atom stereocenters. The van der Waals surface area contributed by atoms with Crippen LogP contribution in [0.4, 0.5) is 5.69 Å². The summed E-state index contributed by atoms with van der Waals surface area (Å²) >= 11 is 7.89. The number of thioether (sulfide) groups is 1. The second-order valence-electron chi connectivity index (χ2n) is 5.33. The van der Waals surface area contributed by atoms with Crippen molar-refractivity contribution >= 4 is 34.2 Å². The molecule has 1 aliphatic rings. The standard InChI is InChI=1S/C15H21ClN2O2S/c1-9(2)5-10-8-17-15(21-10)18-12-7-13(19-3)11(16)6-14(12)20-4/h6-7,9-10H,5,8H2,1-4H3,(H,17,18). The van der Waals surface area contributed by atoms with E-state index >= 15 is 0 Å². The van der Waals surface area contributed by atoms with Crippen LogP contribution in [-0.4, -0.2) is 31.2 Å². The van der Waals surface area contributed by atoms with Gasteiger partial charge in [0.15, 0.2) is 5.17 Å². The lowest BCUT2D eigenvalue weighted by Crippen LogP contribution is -2.10. The summed E-state index contributed by atoms with van der Waals surface area (Å²) in [6.07, 6.45) is 1.17. The first-order valence-corrected chi connectivity index (χ1v) is 8.19. The van der Waals surface area contributed by atoms with Crippen LogP contribution in [0.15, 0.2) is 17.1 Å². The van der Waals surface area contributed by atoms with Crippen LogP contribution in [0, 0.1) is 5.92 Å². The van der Waals surface area contributed by atoms with Gasteiger partial charge >= 0.3 is 0 Å². The van der Waals surface area contributed by atoms with E-state index in [4.69, 9.17) is 21.1 Å². The largest absolute Gasteiger partial charge is 0.495 e. The van der Waals surface area contributed by atoms with Crippen molar-refractivity contribution in [3.05, 3.63) is 17.2 Å². The lowest BCUT2D eigenvalue weighted by molar-refractivity contribution is 0.405. The van der Waals surface area contributed by atoms with Gasteiger partial charge in [-0.2, -0.15) is 0 Å². The normalized spacial score (nSPS) is 17.8. The molecule has 116 valence electrons. The highest BCUT2D eigenvalue weighted by molar-refractivity contribution is 8.15. The SMILES string of the molecule is COc1cc(NC2=NCC(CC(C)C)S2)c(OC)cc1Cl. The van der Waals surface area contributed by atoms with Crippen LogP contribution in [0.2, 0.25) is 5.02 Å². The molecule has 0 spiro atoms. The van der Waals surface area contributed by atoms with Gasteiger partial charge in [0.25, 0.3) is 0 Å². The van der Waals surface area contributed by atoms with Crippen LogP contribution < -0.4 is 14.8 Å². The summed E-state index contributed by atoms with van der Waals surface area (Å²) in [6, 6.07) is 3.58. The third-order valence-electron chi connectivity index (χ3n) is 3.17. The van der Waals surface area contributed by atoms with Gasteiger partial charge in [0.1, 0.15) is 11.5 Å². The number of benzene rings is 1. The Morgan fingerprint density at radius 2 is 2.05 bits per heavy atom. The monoisotopic (exact) mass is 328 g/mol. The smallest absolute Gasteiger partial charge is 0.161 e. The van der Waals surface area contributed by atoms with Crippen LogP contribution >= 0.6 is 23.4 Å². The highest BCUT2D eigenvalue weighted by atomic mass is 35.5. The van der Waals surface area contributed by atoms with Gasteiger partial charge in [-0.25, -0.2) is 0 Å². The number of aliphatic imine (C=N–C) groups is 1. The van der Waals surface area contributed by atoms with Crippen molar-refractivity contribution in [2.24, 2.45) is 10.9 Å². The maximum atomic E-state index is 6.11. The molecule has 0 amide bonds. The van der Waals surface area contributed by atoms with E-state index in [1.54, 1.807) is 32.0 Å². The Labute approximate surface area is 135 Å². The molecule has 0 bridgehead atoms. The van der Waals surface area contributed by atoms with Crippen LogP contribution in [0.3, 0.4) is 0 Å². The van der Waals surface area contributed by atoms with Gasteiger partial charge in [0.05, 0.1) is 31.5 Å². The van der Waals surface area contributed by atoms with Crippen molar-refractivity contribution in [3.63, 3.8) is 0 Å². The Kier molecular flexibility index (Phi) is 5.65. The molecule has 0 saturated heterocycles. The Morgan fingerprint density at radius 3 is 2.67 bits per heavy atom. The van der Waals surface area contributed by atoms with Gasteiger partial charge < -0.3 is 14.8 Å². The number of anilines is 1. The van der Waals surface area contributed by atoms with Crippen LogP contribution in [0.25, 0.3) is 0 Å². The van der Waals surface area contributed by atoms with E-state index in [-0.39, 0.29) is 0 Å². The molecular formula is C15H21ClN2O2S. The number of ether oxygens (including phenoxy) is 2. The molecular weight excluding hydrogens is 308 g/mol. The van der Waals surface area contributed by atoms with Crippen molar-refractivity contribution in [3.8, 4) is 11.5 Å². The van der Waals surface area contributed by atoms with Gasteiger partial charge in [0, 0.05) is 17.4 Å². The van der Waals surface area contributed by atoms with Crippen molar-refractivity contribution < 1.29 is 9.47 Å². The lowest BCUT2D eigenvalue weighted by atomic mass is 10.1. The Balaban J connectivity index is 2.09. The molecule has 0 fully saturated rings. The maximum absolute atomic E-state index is 6.11. The van der Waals surface area contributed by atoms with Crippen molar-refractivity contribution in [2.75, 3.05) is 26.1 Å². The van der Waals surface area contributed by atoms with E-state index in [1.165, 1.54) is 6.42 Å². The van der Waals surface area contributed by atoms with E-state index in [0.29, 0.717) is 27.7 Å². The molecule has 2 rings (SSSR count). The van der Waals surface area contributed by atoms with Gasteiger partial charge in [-0.15, -0.1) is 0 Å². The topological polar surface area (TPSA) is 42.8 Å². The summed E-state index contributed by atoms with van der Waals surface area (Å²) < 4.78 is 10.6. The predicted octanol–water partition coefficient (Wildman–Crippen LogP) is 4.29. The number of nitrogens with zero attached hydrogens (tertiary/aromatic N) is 1. The summed E-state index contributed by atoms with van der Waals surface area (Å²) in [4.78, 5) is 4.56. The van der Waals surface area contributed by atoms with E-state index in [2.05, 4.69) is 24.2 Å². The molecule has 21 heavy (non-hydrogen) atoms. The van der Waals surface area contributed by atoms with Gasteiger partial charge in [0.2, 0.25) is 0 Å². The maximum Gasteiger partial charge on any atom is 0.161 e. The number of rotatable bonds is 5. The Hall–Kier alpha value is -1.07. The third-order valence-corrected chi connectivity index (χ3v) is 4.59. The molecule has 1 aliphatic heterocycles. The summed E-state index contributed by atoms with van der Waals surface area (Å²) in [7, 11) is 3.21.